The van der Waals surface area contributed by atoms with Crippen molar-refractivity contribution in [1.29, 1.82) is 0 Å². The smallest absolute Gasteiger partial charge is 0.326 e. The highest BCUT2D eigenvalue weighted by molar-refractivity contribution is 6.06. The van der Waals surface area contributed by atoms with Crippen LogP contribution in [-0.2, 0) is 16.0 Å². The van der Waals surface area contributed by atoms with Crippen molar-refractivity contribution in [3.05, 3.63) is 64.8 Å². The molecule has 0 bridgehead atoms. The molecule has 7 rings (SSSR count). The zero-order chi connectivity index (χ0) is 31.8. The van der Waals surface area contributed by atoms with Crippen molar-refractivity contribution in [3.8, 4) is 0 Å². The monoisotopic (exact) mass is 624 g/mol. The summed E-state index contributed by atoms with van der Waals surface area (Å²) in [7, 11) is 0. The zero-order valence-corrected chi connectivity index (χ0v) is 26.2. The van der Waals surface area contributed by atoms with Gasteiger partial charge in [-0.1, -0.05) is 44.0 Å². The number of fused-ring (bicyclic) bond motifs is 4. The number of carbonyl (C=O) groups is 2. The number of carboxylic acids is 1. The van der Waals surface area contributed by atoms with Crippen molar-refractivity contribution in [2.24, 2.45) is 5.92 Å². The van der Waals surface area contributed by atoms with Gasteiger partial charge in [0, 0.05) is 43.9 Å². The first-order valence-corrected chi connectivity index (χ1v) is 16.5. The highest BCUT2D eigenvalue weighted by Crippen LogP contribution is 2.36. The second-order valence-corrected chi connectivity index (χ2v) is 12.8. The summed E-state index contributed by atoms with van der Waals surface area (Å²) in [6.07, 6.45) is 6.88. The maximum Gasteiger partial charge on any atom is 0.326 e. The lowest BCUT2D eigenvalue weighted by Crippen LogP contribution is -2.44. The summed E-state index contributed by atoms with van der Waals surface area (Å²) >= 11 is 0. The molecule has 2 N–H and O–H groups in total. The number of carbonyl (C=O) groups excluding carboxylic acids is 1. The molecule has 2 aliphatic heterocycles. The van der Waals surface area contributed by atoms with Crippen LogP contribution in [-0.4, -0.2) is 67.1 Å². The van der Waals surface area contributed by atoms with Crippen LogP contribution in [0.15, 0.2) is 57.7 Å². The number of rotatable bonds is 10. The maximum absolute atomic E-state index is 13.1. The normalized spacial score (nSPS) is 20.3. The van der Waals surface area contributed by atoms with Gasteiger partial charge in [0.05, 0.1) is 11.0 Å². The van der Waals surface area contributed by atoms with Crippen molar-refractivity contribution in [2.75, 3.05) is 24.5 Å². The van der Waals surface area contributed by atoms with Gasteiger partial charge in [-0.15, -0.1) is 0 Å². The number of para-hydroxylation sites is 3. The number of unbranched alkanes of at least 4 members (excludes halogenated alkanes) is 3. The molecule has 0 saturated carbocycles. The predicted molar refractivity (Wildman–Crippen MR) is 176 cm³/mol. The van der Waals surface area contributed by atoms with E-state index in [1.54, 1.807) is 0 Å². The Kier molecular flexibility index (Phi) is 8.23. The van der Waals surface area contributed by atoms with Gasteiger partial charge in [-0.25, -0.2) is 19.6 Å². The third-order valence-corrected chi connectivity index (χ3v) is 9.77. The second kappa shape index (κ2) is 12.6. The van der Waals surface area contributed by atoms with E-state index in [-0.39, 0.29) is 23.6 Å². The number of aliphatic carboxylic acids is 1. The number of piperidine rings is 1. The molecular formula is C35H40N6O5. The standard InChI is InChI=1S/C35H40N6O5/c1-22-21-39(20-18-25(22)41-26-13-8-7-12-24(26)36-35(41)45)30(42)17-5-3-2-4-16-29-37-31-23-11-6-9-15-28(23)46-32(31)33(38-29)40-19-10-14-27(40)34(43)44/h6-9,11-13,15,22,25,27H,2-5,10,14,16-21H2,1H3,(H,36,45)(H,43,44)/t22-,25-,27-/m0/s1. The fraction of sp³-hybridized carbons (Fsp3) is 0.457. The van der Waals surface area contributed by atoms with Crippen molar-refractivity contribution >= 4 is 50.8 Å². The van der Waals surface area contributed by atoms with E-state index in [1.807, 2.05) is 62.9 Å². The van der Waals surface area contributed by atoms with E-state index in [0.717, 1.165) is 60.5 Å². The third kappa shape index (κ3) is 5.63. The average molecular weight is 625 g/mol. The number of hydrogen-bond donors (Lipinski definition) is 2. The number of furan rings is 1. The molecule has 0 spiro atoms. The molecule has 11 heteroatoms. The average Bonchev–Trinajstić information content (AvgIpc) is 3.77. The van der Waals surface area contributed by atoms with E-state index in [9.17, 15) is 19.5 Å². The lowest BCUT2D eigenvalue weighted by atomic mass is 9.93. The molecule has 5 aromatic rings. The summed E-state index contributed by atoms with van der Waals surface area (Å²) in [6.45, 7) is 4.05. The number of nitrogens with zero attached hydrogens (tertiary/aromatic N) is 5. The van der Waals surface area contributed by atoms with Crippen LogP contribution in [0, 0.1) is 5.92 Å². The van der Waals surface area contributed by atoms with Gasteiger partial charge in [-0.05, 0) is 62.3 Å². The molecule has 0 aliphatic carbocycles. The van der Waals surface area contributed by atoms with E-state index < -0.39 is 12.0 Å². The Balaban J connectivity index is 0.935. The molecule has 0 unspecified atom stereocenters. The van der Waals surface area contributed by atoms with Crippen LogP contribution in [0.1, 0.15) is 70.2 Å². The van der Waals surface area contributed by atoms with Crippen LogP contribution in [0.3, 0.4) is 0 Å². The Bertz CT molecular complexity index is 1960. The number of nitrogens with one attached hydrogen (secondary N) is 1. The Labute approximate surface area is 266 Å². The molecule has 5 heterocycles. The van der Waals surface area contributed by atoms with Crippen LogP contribution >= 0.6 is 0 Å². The fourth-order valence-electron chi connectivity index (χ4n) is 7.42. The molecule has 46 heavy (non-hydrogen) atoms. The maximum atomic E-state index is 13.1. The number of carboxylic acid groups (broad SMARTS) is 1. The molecule has 2 saturated heterocycles. The molecule has 11 nitrogen and oxygen atoms in total. The van der Waals surface area contributed by atoms with E-state index >= 15 is 0 Å². The molecule has 2 fully saturated rings. The molecule has 0 radical (unpaired) electrons. The minimum Gasteiger partial charge on any atom is -0.480 e. The summed E-state index contributed by atoms with van der Waals surface area (Å²) in [4.78, 5) is 54.3. The largest absolute Gasteiger partial charge is 0.480 e. The molecular weight excluding hydrogens is 584 g/mol. The van der Waals surface area contributed by atoms with Crippen molar-refractivity contribution in [1.82, 2.24) is 24.4 Å². The van der Waals surface area contributed by atoms with E-state index in [0.29, 0.717) is 61.7 Å². The predicted octanol–water partition coefficient (Wildman–Crippen LogP) is 5.68. The minimum atomic E-state index is -0.847. The molecule has 1 amide bonds. The lowest BCUT2D eigenvalue weighted by molar-refractivity contribution is -0.138. The lowest BCUT2D eigenvalue weighted by Gasteiger charge is -2.37. The molecule has 2 aliphatic rings. The fourth-order valence-corrected chi connectivity index (χ4v) is 7.42. The van der Waals surface area contributed by atoms with Crippen molar-refractivity contribution < 1.29 is 19.1 Å². The number of imidazole rings is 1. The second-order valence-electron chi connectivity index (χ2n) is 12.8. The van der Waals surface area contributed by atoms with Crippen LogP contribution in [0.5, 0.6) is 0 Å². The van der Waals surface area contributed by atoms with Gasteiger partial charge in [0.25, 0.3) is 0 Å². The summed E-state index contributed by atoms with van der Waals surface area (Å²) in [6, 6.07) is 14.9. The molecule has 3 aromatic heterocycles. The van der Waals surface area contributed by atoms with Gasteiger partial charge in [0.15, 0.2) is 11.4 Å². The van der Waals surface area contributed by atoms with Crippen LogP contribution in [0.25, 0.3) is 33.1 Å². The van der Waals surface area contributed by atoms with Gasteiger partial charge in [0.2, 0.25) is 5.91 Å². The Morgan fingerprint density at radius 1 is 1.00 bits per heavy atom. The summed E-state index contributed by atoms with van der Waals surface area (Å²) in [5.74, 6) is 0.766. The van der Waals surface area contributed by atoms with Crippen molar-refractivity contribution in [3.63, 3.8) is 0 Å². The number of hydrogen-bond acceptors (Lipinski definition) is 7. The number of aryl methyl sites for hydroxylation is 1. The first-order chi connectivity index (χ1) is 22.4. The Hall–Kier alpha value is -4.67. The Morgan fingerprint density at radius 3 is 2.65 bits per heavy atom. The van der Waals surface area contributed by atoms with Gasteiger partial charge >= 0.3 is 11.7 Å². The van der Waals surface area contributed by atoms with Crippen LogP contribution < -0.4 is 10.6 Å². The van der Waals surface area contributed by atoms with Crippen LogP contribution in [0.4, 0.5) is 5.82 Å². The number of benzene rings is 2. The van der Waals surface area contributed by atoms with E-state index in [4.69, 9.17) is 14.4 Å². The number of aromatic nitrogens is 4. The first kappa shape index (κ1) is 30.0. The quantitative estimate of drug-likeness (QED) is 0.190. The number of amides is 1. The number of H-pyrrole nitrogens is 1. The van der Waals surface area contributed by atoms with Crippen LogP contribution in [0.2, 0.25) is 0 Å². The summed E-state index contributed by atoms with van der Waals surface area (Å²) < 4.78 is 8.02. The zero-order valence-electron chi connectivity index (χ0n) is 26.2. The molecule has 240 valence electrons. The Morgan fingerprint density at radius 2 is 1.80 bits per heavy atom. The topological polar surface area (TPSA) is 138 Å². The highest BCUT2D eigenvalue weighted by Gasteiger charge is 2.34. The molecule has 2 aromatic carbocycles. The number of anilines is 1. The first-order valence-electron chi connectivity index (χ1n) is 16.5. The van der Waals surface area contributed by atoms with Crippen molar-refractivity contribution in [2.45, 2.75) is 76.8 Å². The number of aromatic amines is 1. The van der Waals surface area contributed by atoms with Gasteiger partial charge in [-0.3, -0.25) is 9.36 Å². The highest BCUT2D eigenvalue weighted by atomic mass is 16.4. The summed E-state index contributed by atoms with van der Waals surface area (Å²) in [5.41, 5.74) is 3.67. The molecule has 3 atom stereocenters. The van der Waals surface area contributed by atoms with E-state index in [2.05, 4.69) is 11.9 Å². The SMILES string of the molecule is C[C@H]1CN(C(=O)CCCCCCc2nc(N3CCC[C@H]3C(=O)O)c3oc4ccccc4c3n2)CC[C@@H]1n1c(=O)[nH]c2ccccc21. The third-order valence-electron chi connectivity index (χ3n) is 9.77. The minimum absolute atomic E-state index is 0.0650. The van der Waals surface area contributed by atoms with Gasteiger partial charge < -0.3 is 24.3 Å². The summed E-state index contributed by atoms with van der Waals surface area (Å²) in [5, 5.41) is 10.7. The van der Waals surface area contributed by atoms with Gasteiger partial charge in [-0.2, -0.15) is 0 Å². The van der Waals surface area contributed by atoms with E-state index in [1.165, 1.54) is 0 Å². The number of likely N-dealkylation sites (tertiary alicyclic amines) is 1. The van der Waals surface area contributed by atoms with Gasteiger partial charge in [0.1, 0.15) is 23.0 Å².